The van der Waals surface area contributed by atoms with Gasteiger partial charge in [0.25, 0.3) is 0 Å². The number of nitrogen functional groups attached to an aromatic ring is 1. The molecule has 0 aromatic heterocycles. The Balaban J connectivity index is 1.58. The van der Waals surface area contributed by atoms with Gasteiger partial charge in [-0.2, -0.15) is 5.10 Å². The van der Waals surface area contributed by atoms with Gasteiger partial charge in [0.05, 0.1) is 19.7 Å². The Morgan fingerprint density at radius 2 is 1.84 bits per heavy atom. The smallest absolute Gasteiger partial charge is 0.244 e. The second-order valence-electron chi connectivity index (χ2n) is 6.65. The molecule has 0 heterocycles. The van der Waals surface area contributed by atoms with Crippen LogP contribution in [0.3, 0.4) is 0 Å². The van der Waals surface area contributed by atoms with E-state index in [-0.39, 0.29) is 18.9 Å². The van der Waals surface area contributed by atoms with Crippen molar-refractivity contribution in [1.29, 1.82) is 0 Å². The number of rotatable bonds is 8. The van der Waals surface area contributed by atoms with E-state index in [1.54, 1.807) is 61.7 Å². The van der Waals surface area contributed by atoms with E-state index in [2.05, 4.69) is 10.5 Å². The molecule has 0 atom stereocenters. The number of nitrogens with two attached hydrogens (primary N) is 1. The summed E-state index contributed by atoms with van der Waals surface area (Å²) < 4.78 is 11.2. The van der Waals surface area contributed by atoms with Crippen molar-refractivity contribution in [3.63, 3.8) is 0 Å². The number of hydrogen-bond acceptors (Lipinski definition) is 5. The Kier molecular flexibility index (Phi) is 7.76. The van der Waals surface area contributed by atoms with Crippen molar-refractivity contribution in [3.8, 4) is 11.5 Å². The number of nitrogens with zero attached hydrogens (tertiary/aromatic N) is 1. The highest BCUT2D eigenvalue weighted by Crippen LogP contribution is 2.29. The zero-order chi connectivity index (χ0) is 22.2. The molecule has 0 aliphatic rings. The molecule has 0 aliphatic carbocycles. The van der Waals surface area contributed by atoms with Gasteiger partial charge in [-0.3, -0.25) is 4.79 Å². The number of hydrogen-bond donors (Lipinski definition) is 2. The molecular weight excluding hydrogens is 437 g/mol. The summed E-state index contributed by atoms with van der Waals surface area (Å²) in [5.41, 5.74) is 11.2. The van der Waals surface area contributed by atoms with Crippen LogP contribution in [0.2, 0.25) is 10.0 Å². The summed E-state index contributed by atoms with van der Waals surface area (Å²) in [7, 11) is 1.55. The molecule has 0 radical (unpaired) electrons. The molecule has 3 aromatic rings. The minimum atomic E-state index is -0.229. The summed E-state index contributed by atoms with van der Waals surface area (Å²) in [6.07, 6.45) is 1.74. The highest BCUT2D eigenvalue weighted by Gasteiger charge is 2.08. The third-order valence-corrected chi connectivity index (χ3v) is 4.92. The Morgan fingerprint density at radius 3 is 2.55 bits per heavy atom. The average molecular weight is 458 g/mol. The third kappa shape index (κ3) is 6.64. The summed E-state index contributed by atoms with van der Waals surface area (Å²) in [5.74, 6) is 0.855. The van der Waals surface area contributed by atoms with Gasteiger partial charge in [-0.25, -0.2) is 5.43 Å². The number of ether oxygens (including phenoxy) is 2. The number of benzene rings is 3. The lowest BCUT2D eigenvalue weighted by Gasteiger charge is -2.12. The van der Waals surface area contributed by atoms with Gasteiger partial charge >= 0.3 is 0 Å². The van der Waals surface area contributed by atoms with Crippen LogP contribution in [0.15, 0.2) is 65.8 Å². The van der Waals surface area contributed by atoms with Gasteiger partial charge in [-0.05, 0) is 53.6 Å². The maximum absolute atomic E-state index is 12.0. The number of nitrogens with one attached hydrogen (secondary N) is 1. The lowest BCUT2D eigenvalue weighted by molar-refractivity contribution is -0.120. The van der Waals surface area contributed by atoms with Gasteiger partial charge in [0, 0.05) is 21.3 Å². The van der Waals surface area contributed by atoms with Crippen LogP contribution in [0.1, 0.15) is 16.7 Å². The van der Waals surface area contributed by atoms with Crippen LogP contribution in [-0.2, 0) is 17.8 Å². The fourth-order valence-corrected chi connectivity index (χ4v) is 3.18. The summed E-state index contributed by atoms with van der Waals surface area (Å²) in [4.78, 5) is 12.0. The normalized spacial score (nSPS) is 10.8. The first kappa shape index (κ1) is 22.5. The lowest BCUT2D eigenvalue weighted by Crippen LogP contribution is -2.19. The standard InChI is InChI=1S/C23H21Cl2N3O3/c1-30-22-10-16(13-27-28-23(29)11-15-2-7-19(26)8-3-15)4-9-21(22)31-14-17-5-6-18(24)12-20(17)25/h2-10,12-13H,11,14,26H2,1H3,(H,28,29)/b27-13-. The second-order valence-corrected chi connectivity index (χ2v) is 7.49. The number of carbonyl (C=O) groups excluding carboxylic acids is 1. The summed E-state index contributed by atoms with van der Waals surface area (Å²) >= 11 is 12.1. The van der Waals surface area contributed by atoms with E-state index in [0.717, 1.165) is 16.7 Å². The molecule has 8 heteroatoms. The highest BCUT2D eigenvalue weighted by atomic mass is 35.5. The first-order valence-corrected chi connectivity index (χ1v) is 10.1. The lowest BCUT2D eigenvalue weighted by atomic mass is 10.1. The SMILES string of the molecule is COc1cc(/C=N\NC(=O)Cc2ccc(N)cc2)ccc1OCc1ccc(Cl)cc1Cl. The van der Waals surface area contributed by atoms with Gasteiger partial charge in [0.15, 0.2) is 11.5 Å². The van der Waals surface area contributed by atoms with E-state index >= 15 is 0 Å². The molecule has 6 nitrogen and oxygen atoms in total. The molecule has 0 spiro atoms. The zero-order valence-electron chi connectivity index (χ0n) is 16.8. The van der Waals surface area contributed by atoms with Crippen molar-refractivity contribution < 1.29 is 14.3 Å². The van der Waals surface area contributed by atoms with E-state index in [0.29, 0.717) is 27.2 Å². The molecule has 0 saturated heterocycles. The summed E-state index contributed by atoms with van der Waals surface area (Å²) in [5, 5.41) is 5.10. The van der Waals surface area contributed by atoms with Gasteiger partial charge in [-0.1, -0.05) is 41.4 Å². The predicted octanol–water partition coefficient (Wildman–Crippen LogP) is 4.86. The molecule has 0 bridgehead atoms. The Labute approximate surface area is 190 Å². The molecule has 0 unspecified atom stereocenters. The Bertz CT molecular complexity index is 1090. The zero-order valence-corrected chi connectivity index (χ0v) is 18.3. The van der Waals surface area contributed by atoms with Gasteiger partial charge in [-0.15, -0.1) is 0 Å². The number of halogens is 2. The van der Waals surface area contributed by atoms with Crippen LogP contribution in [0.5, 0.6) is 11.5 Å². The maximum Gasteiger partial charge on any atom is 0.244 e. The third-order valence-electron chi connectivity index (χ3n) is 4.33. The quantitative estimate of drug-likeness (QED) is 0.287. The Morgan fingerprint density at radius 1 is 1.06 bits per heavy atom. The number of hydrazone groups is 1. The van der Waals surface area contributed by atoms with E-state index in [1.807, 2.05) is 6.07 Å². The number of anilines is 1. The van der Waals surface area contributed by atoms with Crippen molar-refractivity contribution >= 4 is 41.0 Å². The van der Waals surface area contributed by atoms with Gasteiger partial charge < -0.3 is 15.2 Å². The van der Waals surface area contributed by atoms with Crippen molar-refractivity contribution in [2.24, 2.45) is 5.10 Å². The molecule has 0 saturated carbocycles. The van der Waals surface area contributed by atoms with E-state index < -0.39 is 0 Å². The van der Waals surface area contributed by atoms with Crippen LogP contribution in [0, 0.1) is 0 Å². The highest BCUT2D eigenvalue weighted by molar-refractivity contribution is 6.35. The molecule has 0 aliphatic heterocycles. The molecule has 3 aromatic carbocycles. The van der Waals surface area contributed by atoms with Crippen LogP contribution in [-0.4, -0.2) is 19.2 Å². The van der Waals surface area contributed by atoms with Crippen LogP contribution < -0.4 is 20.6 Å². The van der Waals surface area contributed by atoms with Crippen LogP contribution >= 0.6 is 23.2 Å². The van der Waals surface area contributed by atoms with E-state index in [4.69, 9.17) is 38.4 Å². The van der Waals surface area contributed by atoms with Crippen molar-refractivity contribution in [1.82, 2.24) is 5.43 Å². The first-order valence-electron chi connectivity index (χ1n) is 9.35. The monoisotopic (exact) mass is 457 g/mol. The summed E-state index contributed by atoms with van der Waals surface area (Å²) in [6.45, 7) is 0.265. The van der Waals surface area contributed by atoms with Gasteiger partial charge in [0.1, 0.15) is 6.61 Å². The molecule has 3 N–H and O–H groups in total. The van der Waals surface area contributed by atoms with E-state index in [1.165, 1.54) is 6.21 Å². The largest absolute Gasteiger partial charge is 0.493 e. The predicted molar refractivity (Wildman–Crippen MR) is 124 cm³/mol. The number of methoxy groups -OCH3 is 1. The van der Waals surface area contributed by atoms with Crippen molar-refractivity contribution in [2.45, 2.75) is 13.0 Å². The minimum absolute atomic E-state index is 0.209. The fraction of sp³-hybridized carbons (Fsp3) is 0.130. The molecule has 160 valence electrons. The molecule has 31 heavy (non-hydrogen) atoms. The second kappa shape index (κ2) is 10.7. The van der Waals surface area contributed by atoms with Crippen LogP contribution in [0.25, 0.3) is 0 Å². The summed E-state index contributed by atoms with van der Waals surface area (Å²) in [6, 6.07) is 17.7. The molecule has 0 fully saturated rings. The van der Waals surface area contributed by atoms with E-state index in [9.17, 15) is 4.79 Å². The Hall–Kier alpha value is -3.22. The maximum atomic E-state index is 12.0. The topological polar surface area (TPSA) is 85.9 Å². The van der Waals surface area contributed by atoms with Crippen molar-refractivity contribution in [2.75, 3.05) is 12.8 Å². The van der Waals surface area contributed by atoms with Crippen LogP contribution in [0.4, 0.5) is 5.69 Å². The number of amides is 1. The molecule has 1 amide bonds. The number of carbonyl (C=O) groups is 1. The first-order chi connectivity index (χ1) is 14.9. The average Bonchev–Trinajstić information content (AvgIpc) is 2.75. The van der Waals surface area contributed by atoms with Crippen molar-refractivity contribution in [3.05, 3.63) is 87.4 Å². The molecule has 3 rings (SSSR count). The van der Waals surface area contributed by atoms with Gasteiger partial charge in [0.2, 0.25) is 5.91 Å². The minimum Gasteiger partial charge on any atom is -0.493 e. The molecular formula is C23H21Cl2N3O3. The fourth-order valence-electron chi connectivity index (χ4n) is 2.72.